The zero-order chi connectivity index (χ0) is 48.3. The molecule has 17 heteroatoms. The topological polar surface area (TPSA) is 173 Å². The predicted molar refractivity (Wildman–Crippen MR) is 267 cm³/mol. The van der Waals surface area contributed by atoms with Crippen LogP contribution in [0.2, 0.25) is 5.02 Å². The maximum Gasteiger partial charge on any atom is 0.259 e. The summed E-state index contributed by atoms with van der Waals surface area (Å²) in [5, 5.41) is 38.1. The van der Waals surface area contributed by atoms with Crippen molar-refractivity contribution in [3.63, 3.8) is 0 Å². The molecular weight excluding hydrogens is 910 g/mol. The van der Waals surface area contributed by atoms with Gasteiger partial charge in [-0.2, -0.15) is 5.26 Å². The third kappa shape index (κ3) is 13.6. The van der Waals surface area contributed by atoms with E-state index in [1.807, 2.05) is 73.6 Å². The monoisotopic (exact) mass is 973 g/mol. The summed E-state index contributed by atoms with van der Waals surface area (Å²) < 4.78 is 17.5. The molecule has 0 radical (unpaired) electrons. The highest BCUT2D eigenvalue weighted by molar-refractivity contribution is 7.81. The zero-order valence-electron chi connectivity index (χ0n) is 39.3. The van der Waals surface area contributed by atoms with Crippen LogP contribution in [0.1, 0.15) is 83.5 Å². The number of unbranched alkanes of at least 4 members (excludes halogenated alkanes) is 2. The molecule has 6 rings (SSSR count). The Labute approximate surface area is 409 Å². The van der Waals surface area contributed by atoms with Gasteiger partial charge in [0.05, 0.1) is 51.1 Å². The lowest BCUT2D eigenvalue weighted by molar-refractivity contribution is -0.127. The number of carbonyl (C=O) groups excluding carboxylic acids is 2. The summed E-state index contributed by atoms with van der Waals surface area (Å²) >= 11 is 13.7. The molecule has 3 heterocycles. The molecule has 0 bridgehead atoms. The minimum atomic E-state index is -0.947. The molecule has 67 heavy (non-hydrogen) atoms. The number of nitrogens with zero attached hydrogens (tertiary/aromatic N) is 5. The van der Waals surface area contributed by atoms with Gasteiger partial charge in [-0.3, -0.25) is 24.7 Å². The smallest absolute Gasteiger partial charge is 0.259 e. The number of aromatic nitrogens is 1. The molecule has 4 atom stereocenters. The van der Waals surface area contributed by atoms with Crippen molar-refractivity contribution in [1.82, 2.24) is 20.5 Å². The lowest BCUT2D eigenvalue weighted by atomic mass is 9.86. The fraction of sp³-hybridized carbons (Fsp3) is 0.500. The number of benzene rings is 3. The fourth-order valence-corrected chi connectivity index (χ4v) is 9.80. The second-order valence-corrected chi connectivity index (χ2v) is 20.3. The highest BCUT2D eigenvalue weighted by Crippen LogP contribution is 2.38. The average Bonchev–Trinajstić information content (AvgIpc) is 3.94. The number of carbonyl (C=O) groups is 2. The Morgan fingerprint density at radius 2 is 1.70 bits per heavy atom. The summed E-state index contributed by atoms with van der Waals surface area (Å²) in [4.78, 5) is 37.4. The van der Waals surface area contributed by atoms with E-state index in [9.17, 15) is 25.1 Å². The quantitative estimate of drug-likeness (QED) is 0.0326. The van der Waals surface area contributed by atoms with E-state index in [-0.39, 0.29) is 40.9 Å². The van der Waals surface area contributed by atoms with Gasteiger partial charge in [0.15, 0.2) is 5.11 Å². The van der Waals surface area contributed by atoms with Crippen molar-refractivity contribution < 1.29 is 34.0 Å². The van der Waals surface area contributed by atoms with E-state index in [1.165, 1.54) is 4.90 Å². The fourth-order valence-electron chi connectivity index (χ4n) is 8.25. The Morgan fingerprint density at radius 1 is 1.01 bits per heavy atom. The first-order chi connectivity index (χ1) is 32.0. The van der Waals surface area contributed by atoms with Gasteiger partial charge >= 0.3 is 0 Å². The molecular formula is C50H64ClN7O7S2. The number of anilines is 2. The largest absolute Gasteiger partial charge is 0.494 e. The van der Waals surface area contributed by atoms with Gasteiger partial charge in [0.25, 0.3) is 5.91 Å². The summed E-state index contributed by atoms with van der Waals surface area (Å²) in [6, 6.07) is 22.1. The van der Waals surface area contributed by atoms with Crippen molar-refractivity contribution in [2.75, 3.05) is 55.9 Å². The maximum atomic E-state index is 13.5. The zero-order valence-corrected chi connectivity index (χ0v) is 41.7. The number of likely N-dealkylation sites (tertiary alicyclic amines) is 1. The van der Waals surface area contributed by atoms with E-state index in [0.29, 0.717) is 81.0 Å². The normalized spacial score (nSPS) is 18.3. The van der Waals surface area contributed by atoms with Gasteiger partial charge in [0, 0.05) is 51.2 Å². The molecule has 3 aromatic carbocycles. The third-order valence-electron chi connectivity index (χ3n) is 12.2. The van der Waals surface area contributed by atoms with E-state index in [2.05, 4.69) is 53.4 Å². The van der Waals surface area contributed by atoms with Crippen molar-refractivity contribution in [3.8, 4) is 22.3 Å². The molecule has 2 amide bonds. The molecule has 1 aromatic heterocycles. The van der Waals surface area contributed by atoms with Gasteiger partial charge in [-0.15, -0.1) is 11.3 Å². The number of aryl methyl sites for hydroxylation is 1. The summed E-state index contributed by atoms with van der Waals surface area (Å²) in [6.45, 7) is 15.2. The van der Waals surface area contributed by atoms with Crippen molar-refractivity contribution in [2.45, 2.75) is 110 Å². The number of halogens is 1. The lowest BCUT2D eigenvalue weighted by Crippen LogP contribution is -2.55. The molecule has 0 aliphatic carbocycles. The maximum absolute atomic E-state index is 13.5. The molecule has 4 N–H and O–H groups in total. The minimum Gasteiger partial charge on any atom is -0.494 e. The van der Waals surface area contributed by atoms with E-state index >= 15 is 0 Å². The van der Waals surface area contributed by atoms with E-state index in [4.69, 9.17) is 38.0 Å². The number of aliphatic hydroxyl groups excluding tert-OH is 2. The van der Waals surface area contributed by atoms with Crippen LogP contribution in [0.5, 0.6) is 5.75 Å². The first kappa shape index (κ1) is 51.8. The van der Waals surface area contributed by atoms with Crippen LogP contribution in [0.25, 0.3) is 10.4 Å². The molecule has 2 aliphatic rings. The van der Waals surface area contributed by atoms with Gasteiger partial charge in [0.2, 0.25) is 5.91 Å². The minimum absolute atomic E-state index is 0.0650. The third-order valence-corrected chi connectivity index (χ3v) is 13.8. The van der Waals surface area contributed by atoms with Crippen molar-refractivity contribution in [1.29, 1.82) is 5.26 Å². The summed E-state index contributed by atoms with van der Waals surface area (Å²) in [7, 11) is 0. The van der Waals surface area contributed by atoms with Crippen LogP contribution in [0.15, 0.2) is 72.2 Å². The van der Waals surface area contributed by atoms with Gasteiger partial charge in [-0.1, -0.05) is 56.6 Å². The first-order valence-electron chi connectivity index (χ1n) is 22.9. The second-order valence-electron chi connectivity index (χ2n) is 18.7. The molecule has 0 saturated carbocycles. The van der Waals surface area contributed by atoms with E-state index < -0.39 is 17.9 Å². The van der Waals surface area contributed by atoms with Crippen LogP contribution in [0, 0.1) is 23.7 Å². The van der Waals surface area contributed by atoms with Gasteiger partial charge < -0.3 is 34.6 Å². The molecule has 2 fully saturated rings. The number of hydrogen-bond acceptors (Lipinski definition) is 13. The van der Waals surface area contributed by atoms with Gasteiger partial charge in [-0.25, -0.2) is 4.98 Å². The highest BCUT2D eigenvalue weighted by Gasteiger charge is 2.50. The summed E-state index contributed by atoms with van der Waals surface area (Å²) in [5.74, 6) is 0.311. The Kier molecular flexibility index (Phi) is 18.3. The van der Waals surface area contributed by atoms with Crippen molar-refractivity contribution in [3.05, 3.63) is 94.1 Å². The number of amides is 2. The molecule has 1 unspecified atom stereocenters. The second kappa shape index (κ2) is 23.7. The number of β-amino-alcohol motifs (C(OH)–C–C–N with tert-alkyl or cyclic N) is 1. The number of thiazole rings is 1. The molecule has 2 saturated heterocycles. The van der Waals surface area contributed by atoms with Crippen LogP contribution < -0.4 is 25.2 Å². The first-order valence-corrected chi connectivity index (χ1v) is 24.5. The number of aliphatic hydroxyl groups is 2. The molecule has 2 aliphatic heterocycles. The van der Waals surface area contributed by atoms with Gasteiger partial charge in [0.1, 0.15) is 30.2 Å². The number of rotatable bonds is 23. The van der Waals surface area contributed by atoms with Crippen LogP contribution in [0.3, 0.4) is 0 Å². The Morgan fingerprint density at radius 3 is 2.37 bits per heavy atom. The van der Waals surface area contributed by atoms with Crippen molar-refractivity contribution >= 4 is 63.5 Å². The summed E-state index contributed by atoms with van der Waals surface area (Å²) in [6.07, 6.45) is 2.35. The highest BCUT2D eigenvalue weighted by atomic mass is 35.5. The number of nitriles is 1. The molecule has 360 valence electrons. The van der Waals surface area contributed by atoms with Crippen molar-refractivity contribution in [2.24, 2.45) is 5.41 Å². The van der Waals surface area contributed by atoms with Crippen LogP contribution >= 0.6 is 35.2 Å². The lowest BCUT2D eigenvalue weighted by Gasteiger charge is -2.37. The molecule has 14 nitrogen and oxygen atoms in total. The van der Waals surface area contributed by atoms with Gasteiger partial charge in [-0.05, 0) is 124 Å². The Bertz CT molecular complexity index is 2330. The number of thiocarbonyl (C=S) groups is 1. The average molecular weight is 975 g/mol. The van der Waals surface area contributed by atoms with Crippen LogP contribution in [0.4, 0.5) is 11.4 Å². The Balaban J connectivity index is 0.825. The van der Waals surface area contributed by atoms with Crippen LogP contribution in [-0.2, 0) is 25.6 Å². The van der Waals surface area contributed by atoms with E-state index in [1.54, 1.807) is 29.5 Å². The Hall–Kier alpha value is -4.54. The molecule has 0 spiro atoms. The number of hydrogen-bond donors (Lipinski definition) is 4. The standard InChI is InChI=1S/C50H64ClN7O7S2/c1-33-45(67-32-54-33)35-13-11-34(12-14-35)28-53-46(61)42-26-39(59)29-56(42)30-43(49(2,3)4)55-44(60)31-64-23-10-22-63-21-8-7-9-24-65-40-19-17-37(18-20-40)58-48(66)57(47(62)50(58,5)6)38-16-15-36(27-52)41(51)25-38/h11-20,25,32,39,42-43,46,53,59,61H,7-10,21-24,26,28-31H2,1-6H3,(H,55,60)/t39-,42+,43-,46?/m1/s1. The predicted octanol–water partition coefficient (Wildman–Crippen LogP) is 7.61. The summed E-state index contributed by atoms with van der Waals surface area (Å²) in [5.41, 5.74) is 5.37. The molecule has 4 aromatic rings. The van der Waals surface area contributed by atoms with E-state index in [0.717, 1.165) is 46.6 Å². The SMILES string of the molecule is Cc1ncsc1-c1ccc(CNC(O)[C@@H]2C[C@@H](O)CN2C[C@@H](NC(=O)COCCCOCCCCCOc2ccc(N3C(=S)N(c4ccc(C#N)c(Cl)c4)C(=O)C3(C)C)cc2)C(C)(C)C)cc1. The van der Waals surface area contributed by atoms with Crippen LogP contribution in [-0.4, -0.2) is 113 Å². The number of ether oxygens (including phenoxy) is 3. The number of nitrogens with one attached hydrogen (secondary N) is 2.